The van der Waals surface area contributed by atoms with Gasteiger partial charge < -0.3 is 9.47 Å². The van der Waals surface area contributed by atoms with Crippen LogP contribution in [0.2, 0.25) is 0 Å². The largest absolute Gasteiger partial charge is 0.314 e. The van der Waals surface area contributed by atoms with E-state index in [0.717, 1.165) is 30.4 Å². The molecule has 6 aromatic rings. The highest BCUT2D eigenvalue weighted by Gasteiger charge is 2.39. The van der Waals surface area contributed by atoms with Crippen molar-refractivity contribution in [3.63, 3.8) is 0 Å². The third-order valence-corrected chi connectivity index (χ3v) is 8.10. The minimum Gasteiger partial charge on any atom is -0.314 e. The Morgan fingerprint density at radius 3 is 1.95 bits per heavy atom. The Bertz CT molecular complexity index is 1620. The van der Waals surface area contributed by atoms with Gasteiger partial charge in [-0.1, -0.05) is 84.1 Å². The van der Waals surface area contributed by atoms with Crippen LogP contribution in [0.15, 0.2) is 103 Å². The molecule has 0 spiro atoms. The molecule has 5 heteroatoms. The van der Waals surface area contributed by atoms with Gasteiger partial charge in [-0.15, -0.1) is 5.10 Å². The van der Waals surface area contributed by atoms with E-state index in [0.29, 0.717) is 0 Å². The van der Waals surface area contributed by atoms with Crippen LogP contribution < -0.4 is 0 Å². The van der Waals surface area contributed by atoms with Crippen molar-refractivity contribution in [2.45, 2.75) is 31.3 Å². The number of fused-ring (bicyclic) bond motifs is 4. The van der Waals surface area contributed by atoms with E-state index < -0.39 is 5.66 Å². The van der Waals surface area contributed by atoms with Crippen molar-refractivity contribution in [2.24, 2.45) is 0 Å². The highest BCUT2D eigenvalue weighted by molar-refractivity contribution is 6.08. The molecule has 1 aliphatic heterocycles. The predicted octanol–water partition coefficient (Wildman–Crippen LogP) is 6.47. The Morgan fingerprint density at radius 2 is 1.24 bits per heavy atom. The molecule has 0 amide bonds. The van der Waals surface area contributed by atoms with E-state index in [1.54, 1.807) is 0 Å². The van der Waals surface area contributed by atoms with E-state index in [4.69, 9.17) is 5.21 Å². The highest BCUT2D eigenvalue weighted by atomic mass is 15.5. The summed E-state index contributed by atoms with van der Waals surface area (Å²) in [7, 11) is 0. The Hall–Kier alpha value is -3.96. The smallest absolute Gasteiger partial charge is 0.145 e. The Labute approximate surface area is 216 Å². The van der Waals surface area contributed by atoms with Gasteiger partial charge in [0.05, 0.1) is 16.6 Å². The maximum atomic E-state index is 4.91. The molecule has 2 aromatic heterocycles. The molecule has 37 heavy (non-hydrogen) atoms. The van der Waals surface area contributed by atoms with E-state index in [-0.39, 0.29) is 0 Å². The minimum atomic E-state index is -0.483. The van der Waals surface area contributed by atoms with Gasteiger partial charge in [-0.3, -0.25) is 0 Å². The second-order valence-electron chi connectivity index (χ2n) is 10.3. The molecule has 0 radical (unpaired) electrons. The van der Waals surface area contributed by atoms with Crippen molar-refractivity contribution < 1.29 is 0 Å². The molecule has 184 valence electrons. The van der Waals surface area contributed by atoms with Gasteiger partial charge in [0.2, 0.25) is 0 Å². The van der Waals surface area contributed by atoms with Crippen LogP contribution in [-0.4, -0.2) is 44.1 Å². The summed E-state index contributed by atoms with van der Waals surface area (Å²) in [6.45, 7) is 3.36. The van der Waals surface area contributed by atoms with Crippen LogP contribution in [0.5, 0.6) is 0 Å². The summed E-state index contributed by atoms with van der Waals surface area (Å²) in [4.78, 5) is 2.62. The molecule has 0 N–H and O–H groups in total. The SMILES string of the molecule is c1ccc(CC(CCN2CCCC2)(n2nnc3ccccc32)n2c3ccccc3c3ccccc32)cc1. The van der Waals surface area contributed by atoms with Crippen LogP contribution >= 0.6 is 0 Å². The fraction of sp³-hybridized carbons (Fsp3) is 0.250. The molecular weight excluding hydrogens is 454 g/mol. The first-order valence-electron chi connectivity index (χ1n) is 13.4. The predicted molar refractivity (Wildman–Crippen MR) is 151 cm³/mol. The van der Waals surface area contributed by atoms with Crippen molar-refractivity contribution in [3.05, 3.63) is 109 Å². The van der Waals surface area contributed by atoms with Crippen molar-refractivity contribution in [1.29, 1.82) is 0 Å². The zero-order valence-corrected chi connectivity index (χ0v) is 21.0. The number of likely N-dealkylation sites (tertiary alicyclic amines) is 1. The van der Waals surface area contributed by atoms with Gasteiger partial charge in [0, 0.05) is 30.2 Å². The Kier molecular flexibility index (Phi) is 5.51. The van der Waals surface area contributed by atoms with E-state index in [9.17, 15) is 0 Å². The zero-order chi connectivity index (χ0) is 24.7. The normalized spacial score (nSPS) is 16.1. The number of aromatic nitrogens is 4. The fourth-order valence-corrected chi connectivity index (χ4v) is 6.37. The number of para-hydroxylation sites is 3. The number of hydrogen-bond acceptors (Lipinski definition) is 3. The molecule has 1 atom stereocenters. The summed E-state index contributed by atoms with van der Waals surface area (Å²) in [6, 6.07) is 36.9. The summed E-state index contributed by atoms with van der Waals surface area (Å²) in [5.74, 6) is 0. The van der Waals surface area contributed by atoms with Crippen LogP contribution in [0, 0.1) is 0 Å². The number of nitrogens with zero attached hydrogens (tertiary/aromatic N) is 5. The summed E-state index contributed by atoms with van der Waals surface area (Å²) < 4.78 is 4.80. The van der Waals surface area contributed by atoms with Gasteiger partial charge in [-0.25, -0.2) is 4.68 Å². The molecule has 1 aliphatic rings. The molecule has 5 nitrogen and oxygen atoms in total. The van der Waals surface area contributed by atoms with Crippen LogP contribution in [-0.2, 0) is 12.1 Å². The summed E-state index contributed by atoms with van der Waals surface area (Å²) in [5, 5.41) is 12.1. The van der Waals surface area contributed by atoms with Crippen molar-refractivity contribution in [3.8, 4) is 0 Å². The third kappa shape index (κ3) is 3.73. The Balaban J connectivity index is 1.56. The number of rotatable bonds is 7. The molecule has 7 rings (SSSR count). The van der Waals surface area contributed by atoms with Crippen LogP contribution in [0.1, 0.15) is 24.8 Å². The van der Waals surface area contributed by atoms with Crippen LogP contribution in [0.25, 0.3) is 32.8 Å². The fourth-order valence-electron chi connectivity index (χ4n) is 6.37. The van der Waals surface area contributed by atoms with E-state index in [2.05, 4.69) is 116 Å². The monoisotopic (exact) mass is 485 g/mol. The van der Waals surface area contributed by atoms with Gasteiger partial charge in [0.15, 0.2) is 0 Å². The van der Waals surface area contributed by atoms with E-state index >= 15 is 0 Å². The lowest BCUT2D eigenvalue weighted by atomic mass is 9.94. The second-order valence-corrected chi connectivity index (χ2v) is 10.3. The maximum Gasteiger partial charge on any atom is 0.145 e. The van der Waals surface area contributed by atoms with Gasteiger partial charge >= 0.3 is 0 Å². The van der Waals surface area contributed by atoms with Crippen molar-refractivity contribution in [1.82, 2.24) is 24.5 Å². The molecule has 3 heterocycles. The molecule has 0 bridgehead atoms. The lowest BCUT2D eigenvalue weighted by molar-refractivity contribution is 0.169. The molecule has 0 aliphatic carbocycles. The summed E-state index contributed by atoms with van der Waals surface area (Å²) in [5.41, 5.74) is 5.29. The summed E-state index contributed by atoms with van der Waals surface area (Å²) >= 11 is 0. The van der Waals surface area contributed by atoms with Gasteiger partial charge in [0.25, 0.3) is 0 Å². The van der Waals surface area contributed by atoms with E-state index in [1.807, 2.05) is 6.07 Å². The van der Waals surface area contributed by atoms with Crippen molar-refractivity contribution >= 4 is 32.8 Å². The zero-order valence-electron chi connectivity index (χ0n) is 21.0. The standard InChI is InChI=1S/C32H31N5/c1-2-12-25(13-3-1)24-32(20-23-35-21-10-11-22-35,37-31-19-9-6-16-28(31)33-34-37)36-29-17-7-4-14-26(29)27-15-5-8-18-30(27)36/h1-9,12-19H,10-11,20-24H2. The lowest BCUT2D eigenvalue weighted by Gasteiger charge is -2.39. The minimum absolute atomic E-state index is 0.483. The first kappa shape index (κ1) is 22.3. The van der Waals surface area contributed by atoms with Crippen LogP contribution in [0.3, 0.4) is 0 Å². The molecule has 0 saturated carbocycles. The van der Waals surface area contributed by atoms with E-state index in [1.165, 1.54) is 53.3 Å². The summed E-state index contributed by atoms with van der Waals surface area (Å²) in [6.07, 6.45) is 4.32. The molecule has 1 saturated heterocycles. The number of hydrogen-bond donors (Lipinski definition) is 0. The topological polar surface area (TPSA) is 38.9 Å². The average molecular weight is 486 g/mol. The molecule has 1 unspecified atom stereocenters. The molecule has 1 fully saturated rings. The molecule has 4 aromatic carbocycles. The highest BCUT2D eigenvalue weighted by Crippen LogP contribution is 2.40. The first-order valence-corrected chi connectivity index (χ1v) is 13.4. The average Bonchev–Trinajstić information content (AvgIpc) is 3.70. The van der Waals surface area contributed by atoms with Crippen LogP contribution in [0.4, 0.5) is 0 Å². The molecular formula is C32H31N5. The first-order chi connectivity index (χ1) is 18.3. The maximum absolute atomic E-state index is 4.91. The Morgan fingerprint density at radius 1 is 0.649 bits per heavy atom. The van der Waals surface area contributed by atoms with Gasteiger partial charge in [-0.2, -0.15) is 0 Å². The number of benzene rings is 4. The quantitative estimate of drug-likeness (QED) is 0.260. The third-order valence-electron chi connectivity index (χ3n) is 8.10. The van der Waals surface area contributed by atoms with Crippen molar-refractivity contribution in [2.75, 3.05) is 19.6 Å². The second kappa shape index (κ2) is 9.16. The van der Waals surface area contributed by atoms with Gasteiger partial charge in [0.1, 0.15) is 11.2 Å². The van der Waals surface area contributed by atoms with Gasteiger partial charge in [-0.05, 0) is 55.8 Å². The lowest BCUT2D eigenvalue weighted by Crippen LogP contribution is -2.46.